The number of anilines is 1. The van der Waals surface area contributed by atoms with Crippen molar-refractivity contribution >= 4 is 28.4 Å². The number of carbonyl (C=O) groups excluding carboxylic acids is 1. The van der Waals surface area contributed by atoms with Crippen molar-refractivity contribution in [2.45, 2.75) is 52.6 Å². The third kappa shape index (κ3) is 4.36. The van der Waals surface area contributed by atoms with Gasteiger partial charge in [0.1, 0.15) is 18.1 Å². The summed E-state index contributed by atoms with van der Waals surface area (Å²) >= 11 is 0. The predicted molar refractivity (Wildman–Crippen MR) is 161 cm³/mol. The van der Waals surface area contributed by atoms with Gasteiger partial charge < -0.3 is 14.8 Å². The van der Waals surface area contributed by atoms with E-state index in [1.54, 1.807) is 6.08 Å². The van der Waals surface area contributed by atoms with E-state index in [-0.39, 0.29) is 23.7 Å². The Labute approximate surface area is 235 Å². The van der Waals surface area contributed by atoms with Crippen LogP contribution in [0.1, 0.15) is 74.2 Å². The fourth-order valence-electron chi connectivity index (χ4n) is 6.14. The van der Waals surface area contributed by atoms with Gasteiger partial charge in [-0.3, -0.25) is 4.99 Å². The number of rotatable bonds is 4. The minimum absolute atomic E-state index is 0.145. The number of ether oxygens (including phenoxy) is 2. The molecule has 3 heterocycles. The Balaban J connectivity index is 1.70. The standard InChI is InChI=1S/C35H34N2O3/c1-8-13-39-33(38)23-12-10-9-11-22(23)32-26-14-24-20(2)18-34(4,5)36-28(24)16-30(26)40-31-17-29-25(15-27(31)32)21(3)19-35(6,7)37-29/h8-12,14-19,36H,1,13H2,2-7H3. The molecule has 0 fully saturated rings. The van der Waals surface area contributed by atoms with Crippen molar-refractivity contribution in [3.8, 4) is 11.5 Å². The van der Waals surface area contributed by atoms with E-state index < -0.39 is 0 Å². The summed E-state index contributed by atoms with van der Waals surface area (Å²) < 4.78 is 12.1. The Bertz CT molecular complexity index is 1800. The zero-order valence-corrected chi connectivity index (χ0v) is 23.9. The largest absolute Gasteiger partial charge is 0.458 e. The molecule has 0 spiro atoms. The molecule has 0 aromatic heterocycles. The lowest BCUT2D eigenvalue weighted by Gasteiger charge is -2.33. The van der Waals surface area contributed by atoms with Crippen molar-refractivity contribution < 1.29 is 14.3 Å². The maximum Gasteiger partial charge on any atom is 0.339 e. The van der Waals surface area contributed by atoms with Crippen LogP contribution >= 0.6 is 0 Å². The number of fused-ring (bicyclic) bond motifs is 4. The van der Waals surface area contributed by atoms with Crippen molar-refractivity contribution in [2.75, 3.05) is 11.9 Å². The molecular weight excluding hydrogens is 496 g/mol. The van der Waals surface area contributed by atoms with Gasteiger partial charge in [-0.15, -0.1) is 0 Å². The Morgan fingerprint density at radius 3 is 2.48 bits per heavy atom. The first kappa shape index (κ1) is 25.9. The average molecular weight is 531 g/mol. The average Bonchev–Trinajstić information content (AvgIpc) is 2.87. The molecule has 5 nitrogen and oxygen atoms in total. The number of carbonyl (C=O) groups is 1. The van der Waals surface area contributed by atoms with Crippen LogP contribution < -0.4 is 20.6 Å². The highest BCUT2D eigenvalue weighted by atomic mass is 16.5. The molecule has 3 aromatic carbocycles. The maximum atomic E-state index is 13.2. The van der Waals surface area contributed by atoms with Crippen LogP contribution in [0.5, 0.6) is 11.5 Å². The Morgan fingerprint density at radius 2 is 1.70 bits per heavy atom. The topological polar surface area (TPSA) is 59.9 Å². The molecule has 0 radical (unpaired) electrons. The first-order chi connectivity index (χ1) is 19.0. The van der Waals surface area contributed by atoms with E-state index in [4.69, 9.17) is 14.5 Å². The molecule has 3 aliphatic heterocycles. The van der Waals surface area contributed by atoms with E-state index in [0.717, 1.165) is 55.4 Å². The molecule has 0 aliphatic carbocycles. The summed E-state index contributed by atoms with van der Waals surface area (Å²) in [6.07, 6.45) is 6.01. The highest BCUT2D eigenvalue weighted by Gasteiger charge is 2.30. The first-order valence-corrected chi connectivity index (χ1v) is 13.7. The second-order valence-corrected chi connectivity index (χ2v) is 11.9. The minimum atomic E-state index is -0.388. The van der Waals surface area contributed by atoms with Gasteiger partial charge in [0.2, 0.25) is 0 Å². The zero-order chi connectivity index (χ0) is 28.4. The molecule has 40 heavy (non-hydrogen) atoms. The van der Waals surface area contributed by atoms with E-state index in [9.17, 15) is 4.79 Å². The third-order valence-corrected chi connectivity index (χ3v) is 7.59. The van der Waals surface area contributed by atoms with E-state index in [1.165, 1.54) is 5.57 Å². The fraction of sp³-hybridized carbons (Fsp3) is 0.257. The molecule has 0 amide bonds. The summed E-state index contributed by atoms with van der Waals surface area (Å²) in [7, 11) is 0. The van der Waals surface area contributed by atoms with Gasteiger partial charge in [-0.2, -0.15) is 0 Å². The van der Waals surface area contributed by atoms with E-state index in [2.05, 4.69) is 83.8 Å². The van der Waals surface area contributed by atoms with Gasteiger partial charge >= 0.3 is 5.97 Å². The summed E-state index contributed by atoms with van der Waals surface area (Å²) in [5.74, 6) is 1.06. The zero-order valence-electron chi connectivity index (χ0n) is 23.9. The van der Waals surface area contributed by atoms with Crippen LogP contribution in [0.15, 0.2) is 78.3 Å². The van der Waals surface area contributed by atoms with Crippen LogP contribution in [0.2, 0.25) is 0 Å². The molecule has 0 saturated carbocycles. The highest BCUT2D eigenvalue weighted by molar-refractivity contribution is 6.00. The second kappa shape index (κ2) is 9.09. The summed E-state index contributed by atoms with van der Waals surface area (Å²) in [6, 6.07) is 16.1. The maximum absolute atomic E-state index is 13.2. The van der Waals surface area contributed by atoms with Gasteiger partial charge in [0.15, 0.2) is 0 Å². The van der Waals surface area contributed by atoms with Crippen molar-refractivity contribution in [3.05, 3.63) is 112 Å². The molecule has 5 heteroatoms. The van der Waals surface area contributed by atoms with E-state index in [0.29, 0.717) is 11.3 Å². The minimum Gasteiger partial charge on any atom is -0.458 e. The second-order valence-electron chi connectivity index (χ2n) is 11.9. The predicted octanol–water partition coefficient (Wildman–Crippen LogP) is 6.80. The third-order valence-electron chi connectivity index (χ3n) is 7.59. The Kier molecular flexibility index (Phi) is 5.88. The van der Waals surface area contributed by atoms with E-state index in [1.807, 2.05) is 30.3 Å². The van der Waals surface area contributed by atoms with Gasteiger partial charge in [0, 0.05) is 45.3 Å². The fourth-order valence-corrected chi connectivity index (χ4v) is 6.14. The van der Waals surface area contributed by atoms with Crippen molar-refractivity contribution in [1.82, 2.24) is 0 Å². The summed E-state index contributed by atoms with van der Waals surface area (Å²) in [5.41, 5.74) is 8.22. The molecular formula is C35H34N2O3. The van der Waals surface area contributed by atoms with Gasteiger partial charge in [-0.05, 0) is 76.5 Å². The molecule has 0 unspecified atom stereocenters. The van der Waals surface area contributed by atoms with Crippen LogP contribution in [0.4, 0.5) is 5.69 Å². The quantitative estimate of drug-likeness (QED) is 0.233. The van der Waals surface area contributed by atoms with Gasteiger partial charge in [-0.25, -0.2) is 4.79 Å². The smallest absolute Gasteiger partial charge is 0.339 e. The summed E-state index contributed by atoms with van der Waals surface area (Å²) in [4.78, 5) is 18.2. The van der Waals surface area contributed by atoms with Gasteiger partial charge in [0.25, 0.3) is 0 Å². The van der Waals surface area contributed by atoms with Gasteiger partial charge in [-0.1, -0.05) is 43.0 Å². The number of hydrogen-bond donors (Lipinski definition) is 1. The molecule has 3 aromatic rings. The summed E-state index contributed by atoms with van der Waals surface area (Å²) in [6.45, 7) is 16.6. The van der Waals surface area contributed by atoms with Crippen molar-refractivity contribution in [1.29, 1.82) is 0 Å². The monoisotopic (exact) mass is 530 g/mol. The Morgan fingerprint density at radius 1 is 0.950 bits per heavy atom. The highest BCUT2D eigenvalue weighted by Crippen LogP contribution is 2.44. The number of allylic oxidation sites excluding steroid dienone is 2. The number of esters is 1. The number of benzene rings is 3. The molecule has 0 saturated heterocycles. The Hall–Kier alpha value is -4.38. The van der Waals surface area contributed by atoms with Crippen LogP contribution in [-0.2, 0) is 4.74 Å². The number of nitrogens with one attached hydrogen (secondary N) is 1. The van der Waals surface area contributed by atoms with Crippen molar-refractivity contribution in [2.24, 2.45) is 4.99 Å². The molecule has 202 valence electrons. The van der Waals surface area contributed by atoms with Crippen LogP contribution in [0, 0.1) is 0 Å². The molecule has 0 atom stereocenters. The lowest BCUT2D eigenvalue weighted by molar-refractivity contribution is 0.0549. The van der Waals surface area contributed by atoms with Crippen molar-refractivity contribution in [3.63, 3.8) is 0 Å². The lowest BCUT2D eigenvalue weighted by Crippen LogP contribution is -2.32. The molecule has 6 rings (SSSR count). The summed E-state index contributed by atoms with van der Waals surface area (Å²) in [5, 5.41) is 5.46. The van der Waals surface area contributed by atoms with Crippen LogP contribution in [-0.4, -0.2) is 23.7 Å². The molecule has 3 aliphatic rings. The normalized spacial score (nSPS) is 17.3. The lowest BCUT2D eigenvalue weighted by atomic mass is 9.84. The first-order valence-electron chi connectivity index (χ1n) is 13.7. The number of nitrogens with zero attached hydrogens (tertiary/aromatic N) is 1. The van der Waals surface area contributed by atoms with Crippen LogP contribution in [0.25, 0.3) is 16.7 Å². The number of hydrogen-bond acceptors (Lipinski definition) is 5. The molecule has 0 bridgehead atoms. The van der Waals surface area contributed by atoms with Gasteiger partial charge in [0.05, 0.1) is 22.0 Å². The SMILES string of the molecule is C=CCOC(=O)c1ccccc1C1=c2cc3c(cc2Oc2cc4c(cc21)C(C)=CC(C)(C)N4)=NC(C)(C)C=C3C. The van der Waals surface area contributed by atoms with Crippen LogP contribution in [0.3, 0.4) is 0 Å². The van der Waals surface area contributed by atoms with E-state index >= 15 is 0 Å². The molecule has 1 N–H and O–H groups in total.